The van der Waals surface area contributed by atoms with Gasteiger partial charge in [0.05, 0.1) is 23.4 Å². The van der Waals surface area contributed by atoms with Crippen molar-refractivity contribution in [3.63, 3.8) is 0 Å². The van der Waals surface area contributed by atoms with Crippen LogP contribution in [0.1, 0.15) is 39.1 Å². The number of rotatable bonds is 6. The molecule has 98 valence electrons. The van der Waals surface area contributed by atoms with Crippen molar-refractivity contribution >= 4 is 5.95 Å². The van der Waals surface area contributed by atoms with E-state index in [1.54, 1.807) is 0 Å². The molecule has 0 spiro atoms. The molecule has 0 saturated carbocycles. The molecule has 5 heteroatoms. The number of nitrogens with zero attached hydrogens (tertiary/aromatic N) is 5. The van der Waals surface area contributed by atoms with E-state index in [1.165, 1.54) is 0 Å². The third kappa shape index (κ3) is 3.39. The van der Waals surface area contributed by atoms with Crippen molar-refractivity contribution in [2.45, 2.75) is 40.5 Å². The molecular weight excluding hydrogens is 226 g/mol. The van der Waals surface area contributed by atoms with E-state index in [0.29, 0.717) is 12.5 Å². The molecule has 1 heterocycles. The van der Waals surface area contributed by atoms with Crippen molar-refractivity contribution < 1.29 is 0 Å². The first-order chi connectivity index (χ1) is 8.65. The predicted octanol–water partition coefficient (Wildman–Crippen LogP) is 1.98. The summed E-state index contributed by atoms with van der Waals surface area (Å²) in [7, 11) is 0. The molecule has 5 nitrogen and oxygen atoms in total. The van der Waals surface area contributed by atoms with Gasteiger partial charge in [-0.2, -0.15) is 10.4 Å². The van der Waals surface area contributed by atoms with Gasteiger partial charge in [0.15, 0.2) is 0 Å². The van der Waals surface area contributed by atoms with Gasteiger partial charge in [0.2, 0.25) is 5.95 Å². The van der Waals surface area contributed by atoms with Crippen LogP contribution in [0.3, 0.4) is 0 Å². The van der Waals surface area contributed by atoms with Gasteiger partial charge in [-0.1, -0.05) is 13.8 Å². The van der Waals surface area contributed by atoms with Gasteiger partial charge >= 0.3 is 0 Å². The topological polar surface area (TPSA) is 65.7 Å². The molecule has 1 atom stereocenters. The Kier molecular flexibility index (Phi) is 5.50. The van der Waals surface area contributed by atoms with Gasteiger partial charge in [-0.05, 0) is 26.7 Å². The highest BCUT2D eigenvalue weighted by Crippen LogP contribution is 2.12. The van der Waals surface area contributed by atoms with Crippen LogP contribution in [0.15, 0.2) is 0 Å². The maximum absolute atomic E-state index is 8.88. The summed E-state index contributed by atoms with van der Waals surface area (Å²) in [6, 6.07) is 2.23. The van der Waals surface area contributed by atoms with Crippen LogP contribution in [0.4, 0.5) is 5.95 Å². The van der Waals surface area contributed by atoms with Gasteiger partial charge in [-0.15, -0.1) is 5.10 Å². The van der Waals surface area contributed by atoms with E-state index in [2.05, 4.69) is 35.1 Å². The Morgan fingerprint density at radius 3 is 2.33 bits per heavy atom. The van der Waals surface area contributed by atoms with Crippen molar-refractivity contribution in [3.05, 3.63) is 11.4 Å². The first-order valence-corrected chi connectivity index (χ1v) is 6.53. The lowest BCUT2D eigenvalue weighted by atomic mass is 10.2. The van der Waals surface area contributed by atoms with Crippen molar-refractivity contribution in [2.75, 3.05) is 18.0 Å². The summed E-state index contributed by atoms with van der Waals surface area (Å²) in [5.74, 6) is 0.595. The summed E-state index contributed by atoms with van der Waals surface area (Å²) < 4.78 is 0. The maximum Gasteiger partial charge on any atom is 0.245 e. The Labute approximate surface area is 109 Å². The first kappa shape index (κ1) is 14.4. The molecule has 0 radical (unpaired) electrons. The van der Waals surface area contributed by atoms with Crippen LogP contribution in [-0.4, -0.2) is 28.3 Å². The second-order valence-corrected chi connectivity index (χ2v) is 4.28. The second kappa shape index (κ2) is 6.90. The number of hydrogen-bond acceptors (Lipinski definition) is 5. The van der Waals surface area contributed by atoms with E-state index in [0.717, 1.165) is 30.8 Å². The highest BCUT2D eigenvalue weighted by Gasteiger charge is 2.14. The molecule has 0 aliphatic heterocycles. The van der Waals surface area contributed by atoms with Crippen LogP contribution in [0.2, 0.25) is 0 Å². The molecule has 0 aliphatic carbocycles. The van der Waals surface area contributed by atoms with E-state index in [4.69, 9.17) is 5.26 Å². The van der Waals surface area contributed by atoms with Gasteiger partial charge < -0.3 is 4.90 Å². The highest BCUT2D eigenvalue weighted by atomic mass is 15.3. The number of anilines is 1. The summed E-state index contributed by atoms with van der Waals surface area (Å²) in [6.07, 6.45) is 1.71. The third-order valence-electron chi connectivity index (χ3n) is 2.88. The Balaban J connectivity index is 2.96. The average Bonchev–Trinajstić information content (AvgIpc) is 2.43. The lowest BCUT2D eigenvalue weighted by molar-refractivity contribution is 0.657. The normalized spacial score (nSPS) is 11.9. The quantitative estimate of drug-likeness (QED) is 0.769. The zero-order chi connectivity index (χ0) is 13.5. The van der Waals surface area contributed by atoms with E-state index < -0.39 is 0 Å². The summed E-state index contributed by atoms with van der Waals surface area (Å²) in [5.41, 5.74) is 1.97. The second-order valence-electron chi connectivity index (χ2n) is 4.28. The Morgan fingerprint density at radius 1 is 1.17 bits per heavy atom. The molecule has 0 aromatic carbocycles. The predicted molar refractivity (Wildman–Crippen MR) is 71.2 cm³/mol. The van der Waals surface area contributed by atoms with E-state index in [1.807, 2.05) is 18.7 Å². The Bertz CT molecular complexity index is 424. The largest absolute Gasteiger partial charge is 0.338 e. The minimum Gasteiger partial charge on any atom is -0.338 e. The van der Waals surface area contributed by atoms with E-state index in [9.17, 15) is 0 Å². The van der Waals surface area contributed by atoms with E-state index in [-0.39, 0.29) is 5.92 Å². The molecule has 0 aliphatic rings. The van der Waals surface area contributed by atoms with Crippen LogP contribution in [0.5, 0.6) is 0 Å². The molecule has 0 fully saturated rings. The van der Waals surface area contributed by atoms with Crippen molar-refractivity contribution in [2.24, 2.45) is 5.92 Å². The minimum absolute atomic E-state index is 0.0375. The molecule has 1 unspecified atom stereocenters. The lowest BCUT2D eigenvalue weighted by Gasteiger charge is -2.22. The molecule has 1 rings (SSSR count). The summed E-state index contributed by atoms with van der Waals surface area (Å²) in [4.78, 5) is 6.56. The maximum atomic E-state index is 8.88. The van der Waals surface area contributed by atoms with Crippen molar-refractivity contribution in [1.82, 2.24) is 15.2 Å². The highest BCUT2D eigenvalue weighted by molar-refractivity contribution is 5.30. The zero-order valence-electron chi connectivity index (χ0n) is 11.6. The Hall–Kier alpha value is -1.70. The number of hydrogen-bond donors (Lipinski definition) is 0. The molecule has 18 heavy (non-hydrogen) atoms. The fourth-order valence-electron chi connectivity index (χ4n) is 1.79. The van der Waals surface area contributed by atoms with Gasteiger partial charge in [0.25, 0.3) is 0 Å². The van der Waals surface area contributed by atoms with Crippen LogP contribution < -0.4 is 4.90 Å². The van der Waals surface area contributed by atoms with Crippen LogP contribution in [0, 0.1) is 17.2 Å². The van der Waals surface area contributed by atoms with Crippen molar-refractivity contribution in [1.29, 1.82) is 5.26 Å². The van der Waals surface area contributed by atoms with Gasteiger partial charge in [-0.3, -0.25) is 0 Å². The average molecular weight is 247 g/mol. The molecular formula is C13H21N5. The smallest absolute Gasteiger partial charge is 0.245 e. The first-order valence-electron chi connectivity index (χ1n) is 6.53. The van der Waals surface area contributed by atoms with Crippen molar-refractivity contribution in [3.8, 4) is 6.07 Å². The van der Waals surface area contributed by atoms with Crippen LogP contribution in [-0.2, 0) is 12.8 Å². The molecule has 1 aromatic heterocycles. The monoisotopic (exact) mass is 247 g/mol. The number of aryl methyl sites for hydroxylation is 2. The standard InChI is InChI=1S/C13H21N5/c1-5-11-12(6-2)16-17-13(15-11)18(7-3)9-10(4)8-14/h10H,5-7,9H2,1-4H3. The number of aromatic nitrogens is 3. The van der Waals surface area contributed by atoms with E-state index >= 15 is 0 Å². The summed E-state index contributed by atoms with van der Waals surface area (Å²) in [5, 5.41) is 17.3. The fraction of sp³-hybridized carbons (Fsp3) is 0.692. The SMILES string of the molecule is CCc1nnc(N(CC)CC(C)C#N)nc1CC. The zero-order valence-corrected chi connectivity index (χ0v) is 11.6. The summed E-state index contributed by atoms with van der Waals surface area (Å²) >= 11 is 0. The fourth-order valence-corrected chi connectivity index (χ4v) is 1.79. The molecule has 0 N–H and O–H groups in total. The molecule has 0 bridgehead atoms. The number of nitriles is 1. The minimum atomic E-state index is -0.0375. The van der Waals surface area contributed by atoms with Gasteiger partial charge in [0.1, 0.15) is 0 Å². The molecule has 0 saturated heterocycles. The van der Waals surface area contributed by atoms with Crippen LogP contribution >= 0.6 is 0 Å². The third-order valence-corrected chi connectivity index (χ3v) is 2.88. The Morgan fingerprint density at radius 2 is 1.83 bits per heavy atom. The van der Waals surface area contributed by atoms with Gasteiger partial charge in [-0.25, -0.2) is 4.98 Å². The van der Waals surface area contributed by atoms with Gasteiger partial charge in [0, 0.05) is 13.1 Å². The van der Waals surface area contributed by atoms with Crippen LogP contribution in [0.25, 0.3) is 0 Å². The summed E-state index contributed by atoms with van der Waals surface area (Å²) in [6.45, 7) is 9.48. The molecule has 0 amide bonds. The lowest BCUT2D eigenvalue weighted by Crippen LogP contribution is -2.30. The molecule has 1 aromatic rings.